The van der Waals surface area contributed by atoms with Crippen LogP contribution in [0.3, 0.4) is 0 Å². The van der Waals surface area contributed by atoms with Gasteiger partial charge in [-0.1, -0.05) is 40.2 Å². The topological polar surface area (TPSA) is 57.2 Å². The second kappa shape index (κ2) is 9.96. The number of methoxy groups -OCH3 is 2. The lowest BCUT2D eigenvalue weighted by Crippen LogP contribution is -2.32. The smallest absolute Gasteiger partial charge is 0.254 e. The summed E-state index contributed by atoms with van der Waals surface area (Å²) in [5.41, 5.74) is 2.65. The zero-order chi connectivity index (χ0) is 22.5. The maximum absolute atomic E-state index is 13.3. The van der Waals surface area contributed by atoms with Gasteiger partial charge in [-0.15, -0.1) is 0 Å². The molecule has 166 valence electrons. The number of nitrogens with zero attached hydrogens (tertiary/aromatic N) is 1. The molecule has 0 aliphatic carbocycles. The second-order valence-electron chi connectivity index (χ2n) is 7.33. The van der Waals surface area contributed by atoms with Gasteiger partial charge in [0.25, 0.3) is 5.91 Å². The highest BCUT2D eigenvalue weighted by molar-refractivity contribution is 9.10. The SMILES string of the molecule is COc1ccc(CCN(Cc2cc3c(cc2Br)OCO3)C(=O)c2ccccc2)cc1OC. The average molecular weight is 498 g/mol. The van der Waals surface area contributed by atoms with Crippen LogP contribution >= 0.6 is 15.9 Å². The Labute approximate surface area is 195 Å². The van der Waals surface area contributed by atoms with Gasteiger partial charge in [-0.2, -0.15) is 0 Å². The molecule has 4 rings (SSSR count). The number of carbonyl (C=O) groups is 1. The quantitative estimate of drug-likeness (QED) is 0.434. The van der Waals surface area contributed by atoms with Crippen LogP contribution in [0.2, 0.25) is 0 Å². The normalized spacial score (nSPS) is 11.8. The molecule has 0 atom stereocenters. The number of halogens is 1. The Bertz CT molecular complexity index is 1100. The molecule has 0 spiro atoms. The van der Waals surface area contributed by atoms with Crippen LogP contribution in [0.1, 0.15) is 21.5 Å². The van der Waals surface area contributed by atoms with E-state index in [4.69, 9.17) is 18.9 Å². The molecule has 1 aliphatic rings. The van der Waals surface area contributed by atoms with Crippen molar-refractivity contribution in [2.24, 2.45) is 0 Å². The van der Waals surface area contributed by atoms with Crippen molar-refractivity contribution in [3.8, 4) is 23.0 Å². The maximum Gasteiger partial charge on any atom is 0.254 e. The summed E-state index contributed by atoms with van der Waals surface area (Å²) in [6.45, 7) is 1.17. The van der Waals surface area contributed by atoms with Crippen molar-refractivity contribution >= 4 is 21.8 Å². The van der Waals surface area contributed by atoms with E-state index in [2.05, 4.69) is 15.9 Å². The minimum Gasteiger partial charge on any atom is -0.493 e. The largest absolute Gasteiger partial charge is 0.493 e. The molecule has 1 amide bonds. The minimum atomic E-state index is -0.0318. The Kier molecular flexibility index (Phi) is 6.85. The van der Waals surface area contributed by atoms with Crippen LogP contribution in [0.4, 0.5) is 0 Å². The number of rotatable bonds is 8. The molecule has 0 radical (unpaired) electrons. The molecule has 6 nitrogen and oxygen atoms in total. The molecule has 3 aromatic rings. The van der Waals surface area contributed by atoms with E-state index < -0.39 is 0 Å². The monoisotopic (exact) mass is 497 g/mol. The van der Waals surface area contributed by atoms with Crippen molar-refractivity contribution in [1.82, 2.24) is 4.90 Å². The highest BCUT2D eigenvalue weighted by Gasteiger charge is 2.21. The first kappa shape index (κ1) is 22.0. The number of fused-ring (bicyclic) bond motifs is 1. The molecule has 1 aliphatic heterocycles. The Hall–Kier alpha value is -3.19. The third kappa shape index (κ3) is 4.83. The summed E-state index contributed by atoms with van der Waals surface area (Å²) in [6.07, 6.45) is 0.668. The molecule has 1 heterocycles. The fourth-order valence-electron chi connectivity index (χ4n) is 3.60. The van der Waals surface area contributed by atoms with E-state index in [9.17, 15) is 4.79 Å². The summed E-state index contributed by atoms with van der Waals surface area (Å²) in [4.78, 5) is 15.2. The second-order valence-corrected chi connectivity index (χ2v) is 8.18. The van der Waals surface area contributed by atoms with E-state index in [0.29, 0.717) is 48.1 Å². The first-order valence-corrected chi connectivity index (χ1v) is 11.0. The maximum atomic E-state index is 13.3. The number of carbonyl (C=O) groups excluding carboxylic acids is 1. The molecular formula is C25H24BrNO5. The summed E-state index contributed by atoms with van der Waals surface area (Å²) in [6, 6.07) is 18.9. The molecule has 0 aromatic heterocycles. The van der Waals surface area contributed by atoms with E-state index in [0.717, 1.165) is 15.6 Å². The zero-order valence-electron chi connectivity index (χ0n) is 18.0. The van der Waals surface area contributed by atoms with E-state index in [1.807, 2.05) is 65.6 Å². The molecule has 0 fully saturated rings. The molecule has 32 heavy (non-hydrogen) atoms. The van der Waals surface area contributed by atoms with E-state index >= 15 is 0 Å². The van der Waals surface area contributed by atoms with Crippen LogP contribution in [0.25, 0.3) is 0 Å². The molecule has 7 heteroatoms. The fraction of sp³-hybridized carbons (Fsp3) is 0.240. The van der Waals surface area contributed by atoms with Crippen molar-refractivity contribution < 1.29 is 23.7 Å². The molecule has 3 aromatic carbocycles. The molecule has 0 bridgehead atoms. The number of hydrogen-bond acceptors (Lipinski definition) is 5. The predicted octanol–water partition coefficient (Wildman–Crippen LogP) is 5.08. The highest BCUT2D eigenvalue weighted by Crippen LogP contribution is 2.37. The molecule has 0 N–H and O–H groups in total. The van der Waals surface area contributed by atoms with Crippen LogP contribution in [-0.2, 0) is 13.0 Å². The van der Waals surface area contributed by atoms with Crippen LogP contribution in [0, 0.1) is 0 Å². The standard InChI is InChI=1S/C25H24BrNO5/c1-29-21-9-8-17(12-22(21)30-2)10-11-27(25(28)18-6-4-3-5-7-18)15-19-13-23-24(14-20(19)26)32-16-31-23/h3-9,12-14H,10-11,15-16H2,1-2H3. The van der Waals surface area contributed by atoms with Crippen LogP contribution in [0.5, 0.6) is 23.0 Å². The lowest BCUT2D eigenvalue weighted by Gasteiger charge is -2.24. The van der Waals surface area contributed by atoms with Gasteiger partial charge in [0.1, 0.15) is 0 Å². The summed E-state index contributed by atoms with van der Waals surface area (Å²) in [5, 5.41) is 0. The summed E-state index contributed by atoms with van der Waals surface area (Å²) in [7, 11) is 3.23. The predicted molar refractivity (Wildman–Crippen MR) is 125 cm³/mol. The van der Waals surface area contributed by atoms with Crippen LogP contribution in [-0.4, -0.2) is 38.4 Å². The fourth-order valence-corrected chi connectivity index (χ4v) is 4.05. The van der Waals surface area contributed by atoms with Gasteiger partial charge in [0.15, 0.2) is 23.0 Å². The van der Waals surface area contributed by atoms with Gasteiger partial charge < -0.3 is 23.8 Å². The van der Waals surface area contributed by atoms with E-state index in [1.165, 1.54) is 0 Å². The molecule has 0 saturated carbocycles. The number of benzene rings is 3. The highest BCUT2D eigenvalue weighted by atomic mass is 79.9. The Morgan fingerprint density at radius 1 is 0.969 bits per heavy atom. The lowest BCUT2D eigenvalue weighted by molar-refractivity contribution is 0.0744. The molecular weight excluding hydrogens is 474 g/mol. The zero-order valence-corrected chi connectivity index (χ0v) is 19.6. The summed E-state index contributed by atoms with van der Waals surface area (Å²) in [5.74, 6) is 2.71. The molecule has 0 unspecified atom stereocenters. The van der Waals surface area contributed by atoms with Gasteiger partial charge in [0.05, 0.1) is 14.2 Å². The van der Waals surface area contributed by atoms with Gasteiger partial charge in [0, 0.05) is 23.1 Å². The molecule has 0 saturated heterocycles. The van der Waals surface area contributed by atoms with Crippen molar-refractivity contribution in [1.29, 1.82) is 0 Å². The van der Waals surface area contributed by atoms with Gasteiger partial charge in [-0.05, 0) is 53.9 Å². The van der Waals surface area contributed by atoms with Crippen LogP contribution < -0.4 is 18.9 Å². The summed E-state index contributed by atoms with van der Waals surface area (Å²) >= 11 is 3.61. The third-order valence-electron chi connectivity index (χ3n) is 5.33. The van der Waals surface area contributed by atoms with E-state index in [1.54, 1.807) is 14.2 Å². The van der Waals surface area contributed by atoms with E-state index in [-0.39, 0.29) is 12.7 Å². The van der Waals surface area contributed by atoms with Crippen molar-refractivity contribution in [2.45, 2.75) is 13.0 Å². The Morgan fingerprint density at radius 2 is 1.69 bits per heavy atom. The average Bonchev–Trinajstić information content (AvgIpc) is 3.28. The summed E-state index contributed by atoms with van der Waals surface area (Å²) < 4.78 is 22.6. The first-order chi connectivity index (χ1) is 15.6. The van der Waals surface area contributed by atoms with Crippen molar-refractivity contribution in [3.63, 3.8) is 0 Å². The number of amides is 1. The van der Waals surface area contributed by atoms with Crippen molar-refractivity contribution in [3.05, 3.63) is 81.8 Å². The van der Waals surface area contributed by atoms with Gasteiger partial charge in [-0.3, -0.25) is 4.79 Å². The van der Waals surface area contributed by atoms with Gasteiger partial charge >= 0.3 is 0 Å². The Morgan fingerprint density at radius 3 is 2.41 bits per heavy atom. The first-order valence-electron chi connectivity index (χ1n) is 10.2. The van der Waals surface area contributed by atoms with Crippen LogP contribution in [0.15, 0.2) is 65.1 Å². The number of hydrogen-bond donors (Lipinski definition) is 0. The number of ether oxygens (including phenoxy) is 4. The minimum absolute atomic E-state index is 0.0318. The third-order valence-corrected chi connectivity index (χ3v) is 6.07. The van der Waals surface area contributed by atoms with Gasteiger partial charge in [0.2, 0.25) is 6.79 Å². The Balaban J connectivity index is 1.58. The van der Waals surface area contributed by atoms with Crippen molar-refractivity contribution in [2.75, 3.05) is 27.6 Å². The van der Waals surface area contributed by atoms with Gasteiger partial charge in [-0.25, -0.2) is 0 Å². The lowest BCUT2D eigenvalue weighted by atomic mass is 10.1.